The van der Waals surface area contributed by atoms with E-state index >= 15 is 0 Å². The Morgan fingerprint density at radius 2 is 2.00 bits per heavy atom. The Balaban J connectivity index is 1.78. The fourth-order valence-electron chi connectivity index (χ4n) is 1.92. The largest absolute Gasteiger partial charge is 0.465 e. The Kier molecular flexibility index (Phi) is 4.59. The van der Waals surface area contributed by atoms with Gasteiger partial charge in [0.2, 0.25) is 5.82 Å². The number of amides is 1. The molecular weight excluding hydrogens is 352 g/mol. The van der Waals surface area contributed by atoms with Crippen LogP contribution in [0.25, 0.3) is 5.69 Å². The Morgan fingerprint density at radius 3 is 2.71 bits per heavy atom. The molecule has 0 aliphatic rings. The van der Waals surface area contributed by atoms with Crippen LogP contribution in [-0.2, 0) is 4.74 Å². The van der Waals surface area contributed by atoms with Crippen LogP contribution in [0.1, 0.15) is 20.3 Å². The standard InChI is InChI=1S/C15H11ClN4O3S/c1-23-15(22)12-11(6-7-24-12)18-14(21)13-17-8-20(19-13)10-4-2-9(16)3-5-10/h2-8H,1H3,(H,18,21). The molecule has 24 heavy (non-hydrogen) atoms. The summed E-state index contributed by atoms with van der Waals surface area (Å²) in [5, 5.41) is 9.01. The van der Waals surface area contributed by atoms with Crippen molar-refractivity contribution in [2.75, 3.05) is 12.4 Å². The van der Waals surface area contributed by atoms with E-state index in [1.54, 1.807) is 35.7 Å². The number of methoxy groups -OCH3 is 1. The summed E-state index contributed by atoms with van der Waals surface area (Å²) in [6, 6.07) is 8.56. The first-order valence-electron chi connectivity index (χ1n) is 6.73. The maximum Gasteiger partial charge on any atom is 0.350 e. The van der Waals surface area contributed by atoms with Crippen molar-refractivity contribution in [2.24, 2.45) is 0 Å². The molecule has 1 aromatic carbocycles. The first kappa shape index (κ1) is 16.2. The van der Waals surface area contributed by atoms with Gasteiger partial charge in [-0.3, -0.25) is 4.79 Å². The lowest BCUT2D eigenvalue weighted by Gasteiger charge is -2.03. The van der Waals surface area contributed by atoms with Gasteiger partial charge in [0.1, 0.15) is 11.2 Å². The summed E-state index contributed by atoms with van der Waals surface area (Å²) in [4.78, 5) is 28.2. The molecule has 2 heterocycles. The number of nitrogens with one attached hydrogen (secondary N) is 1. The molecule has 2 aromatic heterocycles. The van der Waals surface area contributed by atoms with Gasteiger partial charge in [-0.15, -0.1) is 16.4 Å². The zero-order valence-corrected chi connectivity index (χ0v) is 14.0. The molecule has 0 aliphatic heterocycles. The van der Waals surface area contributed by atoms with E-state index in [1.165, 1.54) is 29.5 Å². The summed E-state index contributed by atoms with van der Waals surface area (Å²) in [6.07, 6.45) is 1.42. The SMILES string of the molecule is COC(=O)c1sccc1NC(=O)c1ncn(-c2ccc(Cl)cc2)n1. The number of hydrogen-bond donors (Lipinski definition) is 1. The van der Waals surface area contributed by atoms with Gasteiger partial charge in [-0.05, 0) is 35.7 Å². The van der Waals surface area contributed by atoms with E-state index in [-0.39, 0.29) is 5.82 Å². The lowest BCUT2D eigenvalue weighted by Crippen LogP contribution is -2.16. The Morgan fingerprint density at radius 1 is 1.25 bits per heavy atom. The number of hydrogen-bond acceptors (Lipinski definition) is 6. The van der Waals surface area contributed by atoms with Gasteiger partial charge >= 0.3 is 5.97 Å². The van der Waals surface area contributed by atoms with Crippen LogP contribution in [-0.4, -0.2) is 33.8 Å². The van der Waals surface area contributed by atoms with Crippen LogP contribution < -0.4 is 5.32 Å². The van der Waals surface area contributed by atoms with Gasteiger partial charge in [0.05, 0.1) is 18.5 Å². The summed E-state index contributed by atoms with van der Waals surface area (Å²) in [5.74, 6) is -1.06. The fraction of sp³-hybridized carbons (Fsp3) is 0.0667. The molecule has 0 saturated heterocycles. The number of carbonyl (C=O) groups is 2. The highest BCUT2D eigenvalue weighted by atomic mass is 35.5. The normalized spacial score (nSPS) is 10.4. The predicted molar refractivity (Wildman–Crippen MR) is 90.0 cm³/mol. The first-order valence-corrected chi connectivity index (χ1v) is 7.99. The molecule has 1 amide bonds. The van der Waals surface area contributed by atoms with Crippen LogP contribution in [0.2, 0.25) is 5.02 Å². The van der Waals surface area contributed by atoms with Crippen molar-refractivity contribution in [3.8, 4) is 5.69 Å². The van der Waals surface area contributed by atoms with Gasteiger partial charge in [-0.2, -0.15) is 0 Å². The van der Waals surface area contributed by atoms with Crippen LogP contribution in [0, 0.1) is 0 Å². The number of aromatic nitrogens is 3. The van der Waals surface area contributed by atoms with Crippen LogP contribution in [0.4, 0.5) is 5.69 Å². The minimum Gasteiger partial charge on any atom is -0.465 e. The number of nitrogens with zero attached hydrogens (tertiary/aromatic N) is 3. The van der Waals surface area contributed by atoms with Crippen molar-refractivity contribution in [2.45, 2.75) is 0 Å². The number of rotatable bonds is 4. The number of benzene rings is 1. The van der Waals surface area contributed by atoms with E-state index in [0.717, 1.165) is 5.69 Å². The highest BCUT2D eigenvalue weighted by Gasteiger charge is 2.18. The topological polar surface area (TPSA) is 86.1 Å². The zero-order chi connectivity index (χ0) is 17.1. The maximum absolute atomic E-state index is 12.3. The molecule has 0 saturated carbocycles. The van der Waals surface area contributed by atoms with Gasteiger partial charge in [0.15, 0.2) is 0 Å². The van der Waals surface area contributed by atoms with E-state index < -0.39 is 11.9 Å². The van der Waals surface area contributed by atoms with Gasteiger partial charge in [0.25, 0.3) is 5.91 Å². The Bertz CT molecular complexity index is 888. The zero-order valence-electron chi connectivity index (χ0n) is 12.4. The van der Waals surface area contributed by atoms with Crippen LogP contribution >= 0.6 is 22.9 Å². The molecule has 0 atom stereocenters. The van der Waals surface area contributed by atoms with Crippen LogP contribution in [0.3, 0.4) is 0 Å². The highest BCUT2D eigenvalue weighted by Crippen LogP contribution is 2.23. The Hall–Kier alpha value is -2.71. The third kappa shape index (κ3) is 3.29. The molecule has 7 nitrogen and oxygen atoms in total. The van der Waals surface area contributed by atoms with Gasteiger partial charge in [0, 0.05) is 5.02 Å². The van der Waals surface area contributed by atoms with E-state index in [2.05, 4.69) is 20.1 Å². The molecule has 3 rings (SSSR count). The lowest BCUT2D eigenvalue weighted by molar-refractivity contribution is 0.0607. The summed E-state index contributed by atoms with van der Waals surface area (Å²) >= 11 is 7.02. The van der Waals surface area contributed by atoms with Crippen LogP contribution in [0.15, 0.2) is 42.0 Å². The highest BCUT2D eigenvalue weighted by molar-refractivity contribution is 7.12. The predicted octanol–water partition coefficient (Wildman–Crippen LogP) is 3.02. The van der Waals surface area contributed by atoms with E-state index in [9.17, 15) is 9.59 Å². The molecule has 0 bridgehead atoms. The van der Waals surface area contributed by atoms with Crippen LogP contribution in [0.5, 0.6) is 0 Å². The third-order valence-electron chi connectivity index (χ3n) is 3.07. The molecule has 0 radical (unpaired) electrons. The van der Waals surface area contributed by atoms with E-state index in [1.807, 2.05) is 0 Å². The second kappa shape index (κ2) is 6.81. The van der Waals surface area contributed by atoms with Crippen molar-refractivity contribution < 1.29 is 14.3 Å². The molecule has 0 spiro atoms. The monoisotopic (exact) mass is 362 g/mol. The van der Waals surface area contributed by atoms with E-state index in [0.29, 0.717) is 15.6 Å². The molecule has 0 unspecified atom stereocenters. The number of halogens is 1. The number of esters is 1. The molecule has 0 aliphatic carbocycles. The van der Waals surface area contributed by atoms with Gasteiger partial charge in [-0.25, -0.2) is 14.5 Å². The van der Waals surface area contributed by atoms with Gasteiger partial charge in [-0.1, -0.05) is 11.6 Å². The number of carbonyl (C=O) groups excluding carboxylic acids is 2. The second-order valence-electron chi connectivity index (χ2n) is 4.60. The van der Waals surface area contributed by atoms with Crippen molar-refractivity contribution in [3.63, 3.8) is 0 Å². The summed E-state index contributed by atoms with van der Waals surface area (Å²) in [7, 11) is 1.28. The van der Waals surface area contributed by atoms with Crippen molar-refractivity contribution >= 4 is 40.5 Å². The van der Waals surface area contributed by atoms with Crippen molar-refractivity contribution in [3.05, 3.63) is 57.8 Å². The fourth-order valence-corrected chi connectivity index (χ4v) is 2.81. The summed E-state index contributed by atoms with van der Waals surface area (Å²) in [6.45, 7) is 0. The first-order chi connectivity index (χ1) is 11.6. The number of ether oxygens (including phenoxy) is 1. The smallest absolute Gasteiger partial charge is 0.350 e. The number of thiophene rings is 1. The lowest BCUT2D eigenvalue weighted by atomic mass is 10.3. The summed E-state index contributed by atoms with van der Waals surface area (Å²) < 4.78 is 6.13. The molecule has 1 N–H and O–H groups in total. The Labute approximate surface area is 145 Å². The number of anilines is 1. The maximum atomic E-state index is 12.3. The minimum absolute atomic E-state index is 0.0213. The van der Waals surface area contributed by atoms with E-state index in [4.69, 9.17) is 11.6 Å². The molecular formula is C15H11ClN4O3S. The molecule has 0 fully saturated rings. The average Bonchev–Trinajstić information content (AvgIpc) is 3.24. The van der Waals surface area contributed by atoms with Crippen molar-refractivity contribution in [1.29, 1.82) is 0 Å². The second-order valence-corrected chi connectivity index (χ2v) is 5.95. The average molecular weight is 363 g/mol. The molecule has 9 heteroatoms. The van der Waals surface area contributed by atoms with Crippen molar-refractivity contribution in [1.82, 2.24) is 14.8 Å². The minimum atomic E-state index is -0.522. The third-order valence-corrected chi connectivity index (χ3v) is 4.22. The quantitative estimate of drug-likeness (QED) is 0.721. The van der Waals surface area contributed by atoms with Gasteiger partial charge < -0.3 is 10.1 Å². The molecule has 3 aromatic rings. The molecule has 122 valence electrons. The summed E-state index contributed by atoms with van der Waals surface area (Å²) in [5.41, 5.74) is 1.08.